The van der Waals surface area contributed by atoms with Gasteiger partial charge in [-0.15, -0.1) is 11.3 Å². The van der Waals surface area contributed by atoms with Crippen molar-refractivity contribution < 1.29 is 13.2 Å². The first-order chi connectivity index (χ1) is 11.0. The zero-order chi connectivity index (χ0) is 16.4. The Kier molecular flexibility index (Phi) is 5.05. The Morgan fingerprint density at radius 1 is 1.04 bits per heavy atom. The molecular weight excluding hydrogens is 334 g/mol. The standard InChI is InChI=1S/C15H23N3O3S2/c1-16-6-4-7-17(11-10-16)15(19)14-13(5-12-22-14)23(20,21)18-8-2-3-9-18/h5,12H,2-4,6-11H2,1H3. The molecule has 1 aromatic rings. The fourth-order valence-electron chi connectivity index (χ4n) is 3.12. The summed E-state index contributed by atoms with van der Waals surface area (Å²) in [6.07, 6.45) is 2.71. The van der Waals surface area contributed by atoms with Crippen LogP contribution in [0, 0.1) is 0 Å². The van der Waals surface area contributed by atoms with Crippen molar-refractivity contribution in [1.82, 2.24) is 14.1 Å². The van der Waals surface area contributed by atoms with Crippen molar-refractivity contribution in [3.8, 4) is 0 Å². The number of rotatable bonds is 3. The molecule has 128 valence electrons. The Bertz CT molecular complexity index is 665. The minimum absolute atomic E-state index is 0.145. The minimum Gasteiger partial charge on any atom is -0.337 e. The zero-order valence-electron chi connectivity index (χ0n) is 13.4. The summed E-state index contributed by atoms with van der Waals surface area (Å²) in [6.45, 7) is 4.24. The maximum atomic E-state index is 12.8. The molecule has 0 unspecified atom stereocenters. The van der Waals surface area contributed by atoms with Gasteiger partial charge in [-0.05, 0) is 44.3 Å². The van der Waals surface area contributed by atoms with Gasteiger partial charge >= 0.3 is 0 Å². The first-order valence-electron chi connectivity index (χ1n) is 8.05. The van der Waals surface area contributed by atoms with Crippen LogP contribution in [0.3, 0.4) is 0 Å². The van der Waals surface area contributed by atoms with E-state index in [2.05, 4.69) is 4.90 Å². The number of carbonyl (C=O) groups excluding carboxylic acids is 1. The SMILES string of the molecule is CN1CCCN(C(=O)c2sccc2S(=O)(=O)N2CCCC2)CC1. The van der Waals surface area contributed by atoms with E-state index < -0.39 is 10.0 Å². The maximum absolute atomic E-state index is 12.8. The lowest BCUT2D eigenvalue weighted by Crippen LogP contribution is -2.35. The normalized spacial score (nSPS) is 21.5. The third kappa shape index (κ3) is 3.45. The quantitative estimate of drug-likeness (QED) is 0.818. The second-order valence-corrected chi connectivity index (χ2v) is 9.00. The summed E-state index contributed by atoms with van der Waals surface area (Å²) >= 11 is 1.23. The van der Waals surface area contributed by atoms with Crippen LogP contribution in [0.25, 0.3) is 0 Å². The van der Waals surface area contributed by atoms with Gasteiger partial charge in [0, 0.05) is 32.7 Å². The Balaban J connectivity index is 1.84. The molecule has 8 heteroatoms. The molecule has 3 rings (SSSR count). The van der Waals surface area contributed by atoms with Crippen LogP contribution in [0.2, 0.25) is 0 Å². The molecule has 0 saturated carbocycles. The van der Waals surface area contributed by atoms with E-state index in [1.54, 1.807) is 16.3 Å². The van der Waals surface area contributed by atoms with Crippen molar-refractivity contribution in [2.24, 2.45) is 0 Å². The van der Waals surface area contributed by atoms with E-state index in [1.807, 2.05) is 7.05 Å². The monoisotopic (exact) mass is 357 g/mol. The zero-order valence-corrected chi connectivity index (χ0v) is 15.0. The van der Waals surface area contributed by atoms with E-state index >= 15 is 0 Å². The molecule has 2 aliphatic heterocycles. The van der Waals surface area contributed by atoms with Crippen molar-refractivity contribution in [3.63, 3.8) is 0 Å². The molecule has 0 spiro atoms. The average Bonchev–Trinajstić information content (AvgIpc) is 3.17. The van der Waals surface area contributed by atoms with Crippen LogP contribution < -0.4 is 0 Å². The van der Waals surface area contributed by atoms with E-state index in [4.69, 9.17) is 0 Å². The van der Waals surface area contributed by atoms with Crippen molar-refractivity contribution in [1.29, 1.82) is 0 Å². The van der Waals surface area contributed by atoms with Crippen molar-refractivity contribution in [3.05, 3.63) is 16.3 Å². The smallest absolute Gasteiger partial charge is 0.265 e. The molecule has 2 fully saturated rings. The highest BCUT2D eigenvalue weighted by Crippen LogP contribution is 2.28. The van der Waals surface area contributed by atoms with Gasteiger partial charge in [0.15, 0.2) is 0 Å². The Hall–Kier alpha value is -0.960. The minimum atomic E-state index is -3.54. The van der Waals surface area contributed by atoms with Gasteiger partial charge in [0.1, 0.15) is 9.77 Å². The summed E-state index contributed by atoms with van der Waals surface area (Å²) in [5.41, 5.74) is 0. The van der Waals surface area contributed by atoms with Gasteiger partial charge in [0.05, 0.1) is 0 Å². The molecule has 3 heterocycles. The van der Waals surface area contributed by atoms with Gasteiger partial charge in [0.2, 0.25) is 10.0 Å². The molecule has 0 aromatic carbocycles. The highest BCUT2D eigenvalue weighted by atomic mass is 32.2. The average molecular weight is 358 g/mol. The van der Waals surface area contributed by atoms with E-state index in [1.165, 1.54) is 15.6 Å². The Morgan fingerprint density at radius 2 is 1.78 bits per heavy atom. The molecule has 2 aliphatic rings. The molecule has 23 heavy (non-hydrogen) atoms. The van der Waals surface area contributed by atoms with Gasteiger partial charge in [0.25, 0.3) is 5.91 Å². The fourth-order valence-corrected chi connectivity index (χ4v) is 6.00. The van der Waals surface area contributed by atoms with Crippen molar-refractivity contribution >= 4 is 27.3 Å². The third-order valence-corrected chi connectivity index (χ3v) is 7.49. The molecule has 0 radical (unpaired) electrons. The van der Waals surface area contributed by atoms with Crippen LogP contribution in [0.5, 0.6) is 0 Å². The van der Waals surface area contributed by atoms with Gasteiger partial charge in [-0.3, -0.25) is 4.79 Å². The number of amides is 1. The Labute approximate surface area is 141 Å². The summed E-state index contributed by atoms with van der Waals surface area (Å²) in [5.74, 6) is -0.145. The molecule has 2 saturated heterocycles. The topological polar surface area (TPSA) is 60.9 Å². The van der Waals surface area contributed by atoms with Crippen molar-refractivity contribution in [2.45, 2.75) is 24.2 Å². The predicted octanol–water partition coefficient (Wildman–Crippen LogP) is 1.31. The van der Waals surface area contributed by atoms with E-state index in [-0.39, 0.29) is 10.8 Å². The summed E-state index contributed by atoms with van der Waals surface area (Å²) in [7, 11) is -1.50. The molecule has 0 bridgehead atoms. The van der Waals surface area contributed by atoms with Crippen molar-refractivity contribution in [2.75, 3.05) is 46.3 Å². The van der Waals surface area contributed by atoms with Crippen LogP contribution in [-0.2, 0) is 10.0 Å². The van der Waals surface area contributed by atoms with Gasteiger partial charge < -0.3 is 9.80 Å². The number of sulfonamides is 1. The van der Waals surface area contributed by atoms with Gasteiger partial charge in [-0.25, -0.2) is 8.42 Å². The molecule has 0 aliphatic carbocycles. The molecule has 0 N–H and O–H groups in total. The highest BCUT2D eigenvalue weighted by molar-refractivity contribution is 7.89. The number of hydrogen-bond donors (Lipinski definition) is 0. The summed E-state index contributed by atoms with van der Waals surface area (Å²) in [5, 5.41) is 1.71. The van der Waals surface area contributed by atoms with Gasteiger partial charge in [-0.2, -0.15) is 4.31 Å². The fraction of sp³-hybridized carbons (Fsp3) is 0.667. The lowest BCUT2D eigenvalue weighted by Gasteiger charge is -2.21. The van der Waals surface area contributed by atoms with Crippen LogP contribution in [0.4, 0.5) is 0 Å². The molecule has 6 nitrogen and oxygen atoms in total. The molecular formula is C15H23N3O3S2. The summed E-state index contributed by atoms with van der Waals surface area (Å²) in [6, 6.07) is 1.58. The van der Waals surface area contributed by atoms with E-state index in [0.29, 0.717) is 31.1 Å². The number of hydrogen-bond acceptors (Lipinski definition) is 5. The molecule has 0 atom stereocenters. The third-order valence-electron chi connectivity index (χ3n) is 4.51. The molecule has 1 aromatic heterocycles. The van der Waals surface area contributed by atoms with Crippen LogP contribution in [-0.4, -0.2) is 74.7 Å². The first kappa shape index (κ1) is 16.9. The predicted molar refractivity (Wildman–Crippen MR) is 90.3 cm³/mol. The number of likely N-dealkylation sites (N-methyl/N-ethyl adjacent to an activating group) is 1. The second kappa shape index (κ2) is 6.88. The second-order valence-electron chi connectivity index (χ2n) is 6.17. The largest absolute Gasteiger partial charge is 0.337 e. The molecule has 1 amide bonds. The number of carbonyl (C=O) groups is 1. The highest BCUT2D eigenvalue weighted by Gasteiger charge is 2.33. The lowest BCUT2D eigenvalue weighted by molar-refractivity contribution is 0.0764. The van der Waals surface area contributed by atoms with Crippen LogP contribution in [0.15, 0.2) is 16.3 Å². The van der Waals surface area contributed by atoms with Crippen LogP contribution in [0.1, 0.15) is 28.9 Å². The van der Waals surface area contributed by atoms with Gasteiger partial charge in [-0.1, -0.05) is 0 Å². The Morgan fingerprint density at radius 3 is 2.52 bits per heavy atom. The maximum Gasteiger partial charge on any atom is 0.265 e. The van der Waals surface area contributed by atoms with Crippen LogP contribution >= 0.6 is 11.3 Å². The lowest BCUT2D eigenvalue weighted by atomic mass is 10.3. The summed E-state index contributed by atoms with van der Waals surface area (Å²) < 4.78 is 27.1. The number of thiophene rings is 1. The first-order valence-corrected chi connectivity index (χ1v) is 10.4. The van der Waals surface area contributed by atoms with E-state index in [0.717, 1.165) is 32.4 Å². The number of nitrogens with zero attached hydrogens (tertiary/aromatic N) is 3. The van der Waals surface area contributed by atoms with E-state index in [9.17, 15) is 13.2 Å². The summed E-state index contributed by atoms with van der Waals surface area (Å²) in [4.78, 5) is 17.4.